The van der Waals surface area contributed by atoms with Gasteiger partial charge in [-0.05, 0) is 37.6 Å². The molecule has 0 bridgehead atoms. The van der Waals surface area contributed by atoms with Crippen LogP contribution in [0.3, 0.4) is 0 Å². The molecule has 1 N–H and O–H groups in total. The molecule has 112 valence electrons. The number of nitrogens with one attached hydrogen (secondary N) is 1. The van der Waals surface area contributed by atoms with Crippen LogP contribution in [0.15, 0.2) is 12.4 Å². The first-order valence-electron chi connectivity index (χ1n) is 7.84. The third-order valence-electron chi connectivity index (χ3n) is 4.33. The summed E-state index contributed by atoms with van der Waals surface area (Å²) in [6, 6.07) is 0.270. The maximum Gasteiger partial charge on any atom is 0.237 e. The standard InChI is InChI=1S/C16H27N3O/c1-4-9-17-14(13-7-5-12(2)6-8-13)15-16(20-3)19-11-10-18-15/h10-14,17H,4-9H2,1-3H3. The minimum atomic E-state index is 0.270. The van der Waals surface area contributed by atoms with E-state index in [1.54, 1.807) is 19.5 Å². The Morgan fingerprint density at radius 1 is 1.25 bits per heavy atom. The summed E-state index contributed by atoms with van der Waals surface area (Å²) in [5.74, 6) is 2.17. The molecular weight excluding hydrogens is 250 g/mol. The van der Waals surface area contributed by atoms with E-state index in [1.165, 1.54) is 25.7 Å². The summed E-state index contributed by atoms with van der Waals surface area (Å²) in [5.41, 5.74) is 0.975. The highest BCUT2D eigenvalue weighted by Crippen LogP contribution is 2.38. The second-order valence-corrected chi connectivity index (χ2v) is 5.90. The predicted octanol–water partition coefficient (Wildman–Crippen LogP) is 3.35. The van der Waals surface area contributed by atoms with Crippen molar-refractivity contribution in [2.45, 2.75) is 52.0 Å². The topological polar surface area (TPSA) is 47.0 Å². The summed E-state index contributed by atoms with van der Waals surface area (Å²) in [6.45, 7) is 5.56. The van der Waals surface area contributed by atoms with Gasteiger partial charge in [-0.25, -0.2) is 4.98 Å². The van der Waals surface area contributed by atoms with Gasteiger partial charge in [0.05, 0.1) is 13.2 Å². The molecule has 4 nitrogen and oxygen atoms in total. The molecule has 0 aromatic carbocycles. The molecule has 20 heavy (non-hydrogen) atoms. The lowest BCUT2D eigenvalue weighted by Crippen LogP contribution is -2.32. The molecule has 1 aromatic rings. The average molecular weight is 277 g/mol. The Bertz CT molecular complexity index is 402. The van der Waals surface area contributed by atoms with E-state index in [0.29, 0.717) is 11.8 Å². The first kappa shape index (κ1) is 15.2. The quantitative estimate of drug-likeness (QED) is 0.866. The molecule has 2 rings (SSSR count). The van der Waals surface area contributed by atoms with Gasteiger partial charge in [0.2, 0.25) is 5.88 Å². The second kappa shape index (κ2) is 7.58. The van der Waals surface area contributed by atoms with E-state index in [9.17, 15) is 0 Å². The van der Waals surface area contributed by atoms with Gasteiger partial charge in [-0.3, -0.25) is 4.98 Å². The van der Waals surface area contributed by atoms with E-state index >= 15 is 0 Å². The molecule has 0 saturated heterocycles. The van der Waals surface area contributed by atoms with E-state index in [-0.39, 0.29) is 6.04 Å². The Balaban J connectivity index is 2.18. The summed E-state index contributed by atoms with van der Waals surface area (Å²) >= 11 is 0. The fraction of sp³-hybridized carbons (Fsp3) is 0.750. The van der Waals surface area contributed by atoms with Crippen molar-refractivity contribution >= 4 is 0 Å². The largest absolute Gasteiger partial charge is 0.480 e. The summed E-state index contributed by atoms with van der Waals surface area (Å²) in [6.07, 6.45) is 9.76. The molecule has 4 heteroatoms. The molecule has 1 aromatic heterocycles. The lowest BCUT2D eigenvalue weighted by Gasteiger charge is -2.33. The van der Waals surface area contributed by atoms with Gasteiger partial charge in [0, 0.05) is 12.4 Å². The summed E-state index contributed by atoms with van der Waals surface area (Å²) in [7, 11) is 1.67. The van der Waals surface area contributed by atoms with Crippen molar-refractivity contribution in [2.75, 3.05) is 13.7 Å². The lowest BCUT2D eigenvalue weighted by atomic mass is 9.78. The number of aromatic nitrogens is 2. The fourth-order valence-electron chi connectivity index (χ4n) is 3.11. The van der Waals surface area contributed by atoms with Crippen LogP contribution in [0.2, 0.25) is 0 Å². The van der Waals surface area contributed by atoms with Crippen LogP contribution in [0.25, 0.3) is 0 Å². The molecule has 0 amide bonds. The average Bonchev–Trinajstić information content (AvgIpc) is 2.50. The molecular formula is C16H27N3O. The first-order chi connectivity index (χ1) is 9.76. The molecule has 1 saturated carbocycles. The lowest BCUT2D eigenvalue weighted by molar-refractivity contribution is 0.224. The second-order valence-electron chi connectivity index (χ2n) is 5.90. The Kier molecular flexibility index (Phi) is 5.77. The van der Waals surface area contributed by atoms with Crippen molar-refractivity contribution in [3.8, 4) is 5.88 Å². The van der Waals surface area contributed by atoms with Crippen LogP contribution in [-0.4, -0.2) is 23.6 Å². The van der Waals surface area contributed by atoms with Gasteiger partial charge >= 0.3 is 0 Å². The van der Waals surface area contributed by atoms with Gasteiger partial charge < -0.3 is 10.1 Å². The minimum Gasteiger partial charge on any atom is -0.480 e. The summed E-state index contributed by atoms with van der Waals surface area (Å²) in [4.78, 5) is 8.86. The predicted molar refractivity (Wildman–Crippen MR) is 80.7 cm³/mol. The maximum absolute atomic E-state index is 5.40. The van der Waals surface area contributed by atoms with Crippen LogP contribution in [0.4, 0.5) is 0 Å². The number of rotatable bonds is 6. The van der Waals surface area contributed by atoms with Crippen molar-refractivity contribution in [2.24, 2.45) is 11.8 Å². The van der Waals surface area contributed by atoms with E-state index < -0.39 is 0 Å². The third-order valence-corrected chi connectivity index (χ3v) is 4.33. The monoisotopic (exact) mass is 277 g/mol. The Morgan fingerprint density at radius 3 is 2.60 bits per heavy atom. The maximum atomic E-state index is 5.40. The van der Waals surface area contributed by atoms with Crippen molar-refractivity contribution in [3.63, 3.8) is 0 Å². The number of hydrogen-bond donors (Lipinski definition) is 1. The number of nitrogens with zero attached hydrogens (tertiary/aromatic N) is 2. The van der Waals surface area contributed by atoms with Crippen molar-refractivity contribution in [1.82, 2.24) is 15.3 Å². The van der Waals surface area contributed by atoms with Crippen LogP contribution >= 0.6 is 0 Å². The molecule has 1 unspecified atom stereocenters. The molecule has 1 aliphatic rings. The highest BCUT2D eigenvalue weighted by Gasteiger charge is 2.30. The van der Waals surface area contributed by atoms with Crippen LogP contribution in [0.5, 0.6) is 5.88 Å². The smallest absolute Gasteiger partial charge is 0.237 e. The molecule has 0 spiro atoms. The SMILES string of the molecule is CCCNC(c1nccnc1OC)C1CCC(C)CC1. The van der Waals surface area contributed by atoms with Gasteiger partial charge in [0.1, 0.15) is 5.69 Å². The highest BCUT2D eigenvalue weighted by atomic mass is 16.5. The van der Waals surface area contributed by atoms with Crippen LogP contribution < -0.4 is 10.1 Å². The number of hydrogen-bond acceptors (Lipinski definition) is 4. The van der Waals surface area contributed by atoms with Gasteiger partial charge in [0.15, 0.2) is 0 Å². The summed E-state index contributed by atoms with van der Waals surface area (Å²) in [5, 5.41) is 3.66. The summed E-state index contributed by atoms with van der Waals surface area (Å²) < 4.78 is 5.40. The van der Waals surface area contributed by atoms with Gasteiger partial charge in [-0.15, -0.1) is 0 Å². The fourth-order valence-corrected chi connectivity index (χ4v) is 3.11. The Morgan fingerprint density at radius 2 is 1.95 bits per heavy atom. The van der Waals surface area contributed by atoms with E-state index in [1.807, 2.05) is 0 Å². The molecule has 1 heterocycles. The first-order valence-corrected chi connectivity index (χ1v) is 7.84. The van der Waals surface area contributed by atoms with Gasteiger partial charge in [0.25, 0.3) is 0 Å². The minimum absolute atomic E-state index is 0.270. The van der Waals surface area contributed by atoms with Crippen LogP contribution in [0, 0.1) is 11.8 Å². The molecule has 0 radical (unpaired) electrons. The van der Waals surface area contributed by atoms with Crippen molar-refractivity contribution in [1.29, 1.82) is 0 Å². The van der Waals surface area contributed by atoms with Gasteiger partial charge in [-0.2, -0.15) is 0 Å². The Labute approximate surface area is 122 Å². The van der Waals surface area contributed by atoms with Gasteiger partial charge in [-0.1, -0.05) is 26.7 Å². The molecule has 0 aliphatic heterocycles. The highest BCUT2D eigenvalue weighted by molar-refractivity contribution is 5.22. The normalized spacial score (nSPS) is 24.4. The van der Waals surface area contributed by atoms with E-state index in [4.69, 9.17) is 4.74 Å². The molecule has 1 fully saturated rings. The third kappa shape index (κ3) is 3.69. The number of methoxy groups -OCH3 is 1. The van der Waals surface area contributed by atoms with Crippen molar-refractivity contribution < 1.29 is 4.74 Å². The molecule has 1 aliphatic carbocycles. The van der Waals surface area contributed by atoms with Crippen LogP contribution in [-0.2, 0) is 0 Å². The zero-order valence-corrected chi connectivity index (χ0v) is 12.9. The Hall–Kier alpha value is -1.16. The molecule has 1 atom stereocenters. The van der Waals surface area contributed by atoms with E-state index in [2.05, 4.69) is 29.1 Å². The number of ether oxygens (including phenoxy) is 1. The van der Waals surface area contributed by atoms with Crippen molar-refractivity contribution in [3.05, 3.63) is 18.1 Å². The van der Waals surface area contributed by atoms with Crippen LogP contribution in [0.1, 0.15) is 57.7 Å². The zero-order chi connectivity index (χ0) is 14.4. The zero-order valence-electron chi connectivity index (χ0n) is 12.9. The van der Waals surface area contributed by atoms with E-state index in [0.717, 1.165) is 24.6 Å².